The van der Waals surface area contributed by atoms with Crippen LogP contribution in [0.2, 0.25) is 5.15 Å². The van der Waals surface area contributed by atoms with Crippen LogP contribution in [-0.4, -0.2) is 19.7 Å². The maximum Gasteiger partial charge on any atom is 0.155 e. The molecule has 0 fully saturated rings. The molecule has 2 aromatic heterocycles. The van der Waals surface area contributed by atoms with E-state index in [1.54, 1.807) is 17.1 Å². The van der Waals surface area contributed by atoms with Crippen molar-refractivity contribution in [1.29, 1.82) is 0 Å². The first-order chi connectivity index (χ1) is 7.22. The van der Waals surface area contributed by atoms with E-state index in [-0.39, 0.29) is 0 Å². The zero-order valence-corrected chi connectivity index (χ0v) is 9.36. The third kappa shape index (κ3) is 1.85. The monoisotopic (exact) mass is 222 g/mol. The van der Waals surface area contributed by atoms with Crippen LogP contribution >= 0.6 is 11.6 Å². The molecule has 2 aromatic rings. The number of aromatic nitrogens is 4. The van der Waals surface area contributed by atoms with Gasteiger partial charge in [0.1, 0.15) is 5.69 Å². The summed E-state index contributed by atoms with van der Waals surface area (Å²) in [5.74, 6) is 0. The minimum atomic E-state index is 0.417. The van der Waals surface area contributed by atoms with E-state index in [0.29, 0.717) is 10.8 Å². The van der Waals surface area contributed by atoms with Crippen LogP contribution in [-0.2, 0) is 13.5 Å². The molecule has 0 N–H and O–H groups in total. The van der Waals surface area contributed by atoms with Gasteiger partial charge in [-0.05, 0) is 6.42 Å². The lowest BCUT2D eigenvalue weighted by Gasteiger charge is -2.00. The van der Waals surface area contributed by atoms with Gasteiger partial charge < -0.3 is 0 Å². The van der Waals surface area contributed by atoms with Crippen molar-refractivity contribution < 1.29 is 0 Å². The van der Waals surface area contributed by atoms with Crippen molar-refractivity contribution in [2.75, 3.05) is 0 Å². The summed E-state index contributed by atoms with van der Waals surface area (Å²) in [6.45, 7) is 2.05. The van der Waals surface area contributed by atoms with E-state index < -0.39 is 0 Å². The van der Waals surface area contributed by atoms with Crippen molar-refractivity contribution in [2.24, 2.45) is 7.05 Å². The molecule has 0 amide bonds. The zero-order valence-electron chi connectivity index (χ0n) is 8.61. The van der Waals surface area contributed by atoms with E-state index in [9.17, 15) is 0 Å². The first-order valence-corrected chi connectivity index (χ1v) is 5.09. The molecule has 5 heteroatoms. The highest BCUT2D eigenvalue weighted by Crippen LogP contribution is 2.26. The molecule has 0 unspecified atom stereocenters. The molecule has 2 rings (SSSR count). The molecular weight excluding hydrogens is 212 g/mol. The number of nitrogens with zero attached hydrogens (tertiary/aromatic N) is 4. The Hall–Kier alpha value is -1.42. The second-order valence-electron chi connectivity index (χ2n) is 3.21. The highest BCUT2D eigenvalue weighted by atomic mass is 35.5. The fraction of sp³-hybridized carbons (Fsp3) is 0.300. The quantitative estimate of drug-likeness (QED) is 0.782. The Morgan fingerprint density at radius 3 is 2.73 bits per heavy atom. The molecule has 0 atom stereocenters. The Morgan fingerprint density at radius 2 is 2.07 bits per heavy atom. The molecular formula is C10H11ClN4. The Labute approximate surface area is 92.9 Å². The molecule has 2 heterocycles. The van der Waals surface area contributed by atoms with Crippen LogP contribution in [0.25, 0.3) is 11.3 Å². The van der Waals surface area contributed by atoms with E-state index >= 15 is 0 Å². The van der Waals surface area contributed by atoms with Gasteiger partial charge in [0.15, 0.2) is 5.15 Å². The first-order valence-electron chi connectivity index (χ1n) is 4.71. The predicted octanol–water partition coefficient (Wildman–Crippen LogP) is 2.09. The summed E-state index contributed by atoms with van der Waals surface area (Å²) in [6, 6.07) is 0. The topological polar surface area (TPSA) is 43.6 Å². The van der Waals surface area contributed by atoms with Crippen molar-refractivity contribution in [3.05, 3.63) is 29.4 Å². The maximum atomic E-state index is 5.99. The van der Waals surface area contributed by atoms with E-state index in [1.807, 2.05) is 13.2 Å². The van der Waals surface area contributed by atoms with Gasteiger partial charge in [0.25, 0.3) is 0 Å². The fourth-order valence-electron chi connectivity index (χ4n) is 1.50. The van der Waals surface area contributed by atoms with Gasteiger partial charge in [0.05, 0.1) is 5.69 Å². The van der Waals surface area contributed by atoms with Gasteiger partial charge in [-0.3, -0.25) is 9.67 Å². The molecule has 0 saturated heterocycles. The SMILES string of the molecule is CCc1nn(C)cc1-c1nccnc1Cl. The standard InChI is InChI=1S/C10H11ClN4/c1-3-8-7(6-15(2)14-8)9-10(11)13-5-4-12-9/h4-6H,3H2,1-2H3. The van der Waals surface area contributed by atoms with Gasteiger partial charge in [-0.2, -0.15) is 5.10 Å². The van der Waals surface area contributed by atoms with Crippen LogP contribution in [0.1, 0.15) is 12.6 Å². The fourth-order valence-corrected chi connectivity index (χ4v) is 1.70. The van der Waals surface area contributed by atoms with Gasteiger partial charge >= 0.3 is 0 Å². The van der Waals surface area contributed by atoms with Crippen LogP contribution in [0.15, 0.2) is 18.6 Å². The van der Waals surface area contributed by atoms with Gasteiger partial charge in [-0.25, -0.2) is 4.98 Å². The van der Waals surface area contributed by atoms with Crippen LogP contribution in [0.4, 0.5) is 0 Å². The summed E-state index contributed by atoms with van der Waals surface area (Å²) in [5, 5.41) is 4.75. The lowest BCUT2D eigenvalue weighted by Crippen LogP contribution is -1.90. The molecule has 0 aliphatic rings. The van der Waals surface area contributed by atoms with E-state index in [2.05, 4.69) is 22.0 Å². The minimum absolute atomic E-state index is 0.417. The molecule has 0 aliphatic heterocycles. The van der Waals surface area contributed by atoms with Crippen molar-refractivity contribution >= 4 is 11.6 Å². The molecule has 0 radical (unpaired) electrons. The third-order valence-electron chi connectivity index (χ3n) is 2.15. The number of hydrogen-bond donors (Lipinski definition) is 0. The van der Waals surface area contributed by atoms with Crippen molar-refractivity contribution in [3.8, 4) is 11.3 Å². The Morgan fingerprint density at radius 1 is 1.33 bits per heavy atom. The zero-order chi connectivity index (χ0) is 10.8. The summed E-state index contributed by atoms with van der Waals surface area (Å²) in [4.78, 5) is 8.23. The Kier molecular flexibility index (Phi) is 2.68. The smallest absolute Gasteiger partial charge is 0.155 e. The number of rotatable bonds is 2. The number of halogens is 1. The van der Waals surface area contributed by atoms with Gasteiger partial charge in [0.2, 0.25) is 0 Å². The van der Waals surface area contributed by atoms with Crippen molar-refractivity contribution in [2.45, 2.75) is 13.3 Å². The van der Waals surface area contributed by atoms with Gasteiger partial charge in [-0.1, -0.05) is 18.5 Å². The highest BCUT2D eigenvalue weighted by Gasteiger charge is 2.12. The lowest BCUT2D eigenvalue weighted by atomic mass is 10.1. The predicted molar refractivity (Wildman–Crippen MR) is 58.6 cm³/mol. The van der Waals surface area contributed by atoms with E-state index in [1.165, 1.54) is 0 Å². The van der Waals surface area contributed by atoms with Crippen LogP contribution in [0.5, 0.6) is 0 Å². The molecule has 0 spiro atoms. The van der Waals surface area contributed by atoms with E-state index in [4.69, 9.17) is 11.6 Å². The van der Waals surface area contributed by atoms with Gasteiger partial charge in [0, 0.05) is 31.2 Å². The number of hydrogen-bond acceptors (Lipinski definition) is 3. The Bertz CT molecular complexity index is 478. The lowest BCUT2D eigenvalue weighted by molar-refractivity contribution is 0.746. The molecule has 0 saturated carbocycles. The van der Waals surface area contributed by atoms with Crippen LogP contribution in [0, 0.1) is 0 Å². The molecule has 0 aliphatic carbocycles. The van der Waals surface area contributed by atoms with Crippen molar-refractivity contribution in [1.82, 2.24) is 19.7 Å². The maximum absolute atomic E-state index is 5.99. The Balaban J connectivity index is 2.58. The van der Waals surface area contributed by atoms with Crippen molar-refractivity contribution in [3.63, 3.8) is 0 Å². The molecule has 78 valence electrons. The van der Waals surface area contributed by atoms with Crippen LogP contribution in [0.3, 0.4) is 0 Å². The summed E-state index contributed by atoms with van der Waals surface area (Å²) < 4.78 is 1.76. The molecule has 0 bridgehead atoms. The summed E-state index contributed by atoms with van der Waals surface area (Å²) in [7, 11) is 1.88. The third-order valence-corrected chi connectivity index (χ3v) is 2.43. The van der Waals surface area contributed by atoms with Gasteiger partial charge in [-0.15, -0.1) is 0 Å². The second kappa shape index (κ2) is 3.98. The number of aryl methyl sites for hydroxylation is 2. The van der Waals surface area contributed by atoms with Crippen LogP contribution < -0.4 is 0 Å². The average Bonchev–Trinajstić information content (AvgIpc) is 2.60. The normalized spacial score (nSPS) is 10.6. The van der Waals surface area contributed by atoms with E-state index in [0.717, 1.165) is 17.7 Å². The highest BCUT2D eigenvalue weighted by molar-refractivity contribution is 6.31. The largest absolute Gasteiger partial charge is 0.275 e. The molecule has 15 heavy (non-hydrogen) atoms. The summed E-state index contributed by atoms with van der Waals surface area (Å²) >= 11 is 5.99. The second-order valence-corrected chi connectivity index (χ2v) is 3.57. The average molecular weight is 223 g/mol. The summed E-state index contributed by atoms with van der Waals surface area (Å²) in [5.41, 5.74) is 2.64. The minimum Gasteiger partial charge on any atom is -0.275 e. The molecule has 0 aromatic carbocycles. The first kappa shape index (κ1) is 10.1. The summed E-state index contributed by atoms with van der Waals surface area (Å²) in [6.07, 6.45) is 5.97. The molecule has 4 nitrogen and oxygen atoms in total.